The highest BCUT2D eigenvalue weighted by Crippen LogP contribution is 2.11. The van der Waals surface area contributed by atoms with Gasteiger partial charge in [-0.1, -0.05) is 6.08 Å². The van der Waals surface area contributed by atoms with Gasteiger partial charge in [-0.25, -0.2) is 0 Å². The maximum atomic E-state index is 11.5. The van der Waals surface area contributed by atoms with Crippen LogP contribution in [0.5, 0.6) is 0 Å². The van der Waals surface area contributed by atoms with E-state index < -0.39 is 0 Å². The van der Waals surface area contributed by atoms with Gasteiger partial charge in [0.25, 0.3) is 5.91 Å². The van der Waals surface area contributed by atoms with Crippen molar-refractivity contribution >= 4 is 11.6 Å². The van der Waals surface area contributed by atoms with E-state index in [-0.39, 0.29) is 5.91 Å². The van der Waals surface area contributed by atoms with E-state index in [0.717, 1.165) is 0 Å². The molecule has 0 fully saturated rings. The van der Waals surface area contributed by atoms with Crippen molar-refractivity contribution < 1.29 is 4.79 Å². The van der Waals surface area contributed by atoms with Crippen LogP contribution in [0.25, 0.3) is 5.70 Å². The van der Waals surface area contributed by atoms with Gasteiger partial charge in [0.1, 0.15) is 11.4 Å². The quantitative estimate of drug-likeness (QED) is 0.673. The topological polar surface area (TPSA) is 71.8 Å². The van der Waals surface area contributed by atoms with Gasteiger partial charge in [0.05, 0.1) is 12.4 Å². The Hall–Kier alpha value is -2.11. The smallest absolute Gasteiger partial charge is 0.269 e. The minimum Gasteiger partial charge on any atom is -0.375 e. The number of aromatic nitrogens is 3. The van der Waals surface area contributed by atoms with Gasteiger partial charge >= 0.3 is 0 Å². The molecule has 0 aromatic carbocycles. The summed E-state index contributed by atoms with van der Waals surface area (Å²) in [6.07, 6.45) is 6.86. The molecule has 15 heavy (non-hydrogen) atoms. The first-order valence-electron chi connectivity index (χ1n) is 4.56. The monoisotopic (exact) mass is 205 g/mol. The number of carbonyl (C=O) groups excluding carboxylic acids is 1. The maximum absolute atomic E-state index is 11.5. The van der Waals surface area contributed by atoms with Crippen molar-refractivity contribution in [3.05, 3.63) is 30.2 Å². The molecular weight excluding hydrogens is 194 g/mol. The van der Waals surface area contributed by atoms with Crippen LogP contribution in [0, 0.1) is 0 Å². The Morgan fingerprint density at radius 1 is 1.53 bits per heavy atom. The summed E-state index contributed by atoms with van der Waals surface area (Å²) < 4.78 is 0. The zero-order valence-electron chi connectivity index (χ0n) is 8.27. The number of likely N-dealkylation sites (N-methyl/N-ethyl adjacent to an activating group) is 1. The van der Waals surface area contributed by atoms with Crippen LogP contribution >= 0.6 is 0 Å². The number of amides is 1. The highest BCUT2D eigenvalue weighted by molar-refractivity contribution is 5.99. The summed E-state index contributed by atoms with van der Waals surface area (Å²) in [5, 5.41) is 13.5. The molecule has 0 saturated carbocycles. The molecule has 6 heteroatoms. The molecule has 1 aliphatic heterocycles. The van der Waals surface area contributed by atoms with E-state index in [4.69, 9.17) is 0 Å². The summed E-state index contributed by atoms with van der Waals surface area (Å²) >= 11 is 0. The van der Waals surface area contributed by atoms with Gasteiger partial charge in [0, 0.05) is 13.6 Å². The number of nitrogens with zero attached hydrogens (tertiary/aromatic N) is 3. The summed E-state index contributed by atoms with van der Waals surface area (Å²) in [5.41, 5.74) is 1.13. The van der Waals surface area contributed by atoms with Gasteiger partial charge in [0.15, 0.2) is 0 Å². The fourth-order valence-corrected chi connectivity index (χ4v) is 1.33. The summed E-state index contributed by atoms with van der Waals surface area (Å²) in [7, 11) is 1.59. The van der Waals surface area contributed by atoms with Crippen LogP contribution in [0.3, 0.4) is 0 Å². The number of nitrogens with one attached hydrogen (secondary N) is 2. The SMILES string of the molecule is CNC(=O)C1=C(n2nccn2)C=CCN1. The first kappa shape index (κ1) is 9.45. The van der Waals surface area contributed by atoms with Crippen LogP contribution < -0.4 is 10.6 Å². The second kappa shape index (κ2) is 3.95. The third kappa shape index (κ3) is 1.74. The minimum atomic E-state index is -0.174. The first-order chi connectivity index (χ1) is 7.33. The molecule has 0 spiro atoms. The minimum absolute atomic E-state index is 0.174. The van der Waals surface area contributed by atoms with Gasteiger partial charge in [-0.2, -0.15) is 10.2 Å². The Kier molecular flexibility index (Phi) is 2.49. The predicted molar refractivity (Wildman–Crippen MR) is 54.4 cm³/mol. The first-order valence-corrected chi connectivity index (χ1v) is 4.56. The third-order valence-corrected chi connectivity index (χ3v) is 2.02. The van der Waals surface area contributed by atoms with Crippen molar-refractivity contribution in [1.29, 1.82) is 0 Å². The Labute approximate surface area is 86.7 Å². The van der Waals surface area contributed by atoms with E-state index in [1.807, 2.05) is 12.2 Å². The number of hydrogen-bond acceptors (Lipinski definition) is 4. The predicted octanol–water partition coefficient (Wildman–Crippen LogP) is -0.648. The van der Waals surface area contributed by atoms with Crippen molar-refractivity contribution in [1.82, 2.24) is 25.6 Å². The molecule has 1 aromatic heterocycles. The second-order valence-electron chi connectivity index (χ2n) is 2.94. The largest absolute Gasteiger partial charge is 0.375 e. The van der Waals surface area contributed by atoms with Gasteiger partial charge in [0.2, 0.25) is 0 Å². The molecule has 0 saturated heterocycles. The molecule has 0 bridgehead atoms. The highest BCUT2D eigenvalue weighted by Gasteiger charge is 2.16. The Bertz CT molecular complexity index is 418. The van der Waals surface area contributed by atoms with Crippen molar-refractivity contribution in [2.24, 2.45) is 0 Å². The lowest BCUT2D eigenvalue weighted by Gasteiger charge is -2.15. The number of rotatable bonds is 2. The lowest BCUT2D eigenvalue weighted by Crippen LogP contribution is -2.33. The molecule has 1 amide bonds. The van der Waals surface area contributed by atoms with E-state index in [2.05, 4.69) is 20.8 Å². The van der Waals surface area contributed by atoms with Crippen LogP contribution in [0.1, 0.15) is 0 Å². The van der Waals surface area contributed by atoms with Crippen LogP contribution in [0.2, 0.25) is 0 Å². The Morgan fingerprint density at radius 3 is 2.93 bits per heavy atom. The average Bonchev–Trinajstić information content (AvgIpc) is 2.81. The molecular formula is C9H11N5O. The molecule has 78 valence electrons. The van der Waals surface area contributed by atoms with Crippen molar-refractivity contribution in [2.45, 2.75) is 0 Å². The number of dihydropyridines is 1. The average molecular weight is 205 g/mol. The van der Waals surface area contributed by atoms with Gasteiger partial charge in [-0.3, -0.25) is 4.79 Å². The van der Waals surface area contributed by atoms with Crippen LogP contribution in [-0.2, 0) is 4.79 Å². The van der Waals surface area contributed by atoms with E-state index >= 15 is 0 Å². The van der Waals surface area contributed by atoms with Crippen molar-refractivity contribution in [2.75, 3.05) is 13.6 Å². The lowest BCUT2D eigenvalue weighted by atomic mass is 10.2. The molecule has 1 aromatic rings. The van der Waals surface area contributed by atoms with Crippen LogP contribution in [0.4, 0.5) is 0 Å². The fourth-order valence-electron chi connectivity index (χ4n) is 1.33. The summed E-state index contributed by atoms with van der Waals surface area (Å²) in [6, 6.07) is 0. The molecule has 2 heterocycles. The summed E-state index contributed by atoms with van der Waals surface area (Å²) in [5.74, 6) is -0.174. The standard InChI is InChI=1S/C9H11N5O/c1-10-9(15)8-7(3-2-4-11-8)14-12-5-6-13-14/h2-3,5-6,11H,4H2,1H3,(H,10,15). The second-order valence-corrected chi connectivity index (χ2v) is 2.94. The van der Waals surface area contributed by atoms with Gasteiger partial charge < -0.3 is 10.6 Å². The Balaban J connectivity index is 2.44. The Morgan fingerprint density at radius 2 is 2.27 bits per heavy atom. The van der Waals surface area contributed by atoms with E-state index in [9.17, 15) is 4.79 Å². The number of allylic oxidation sites excluding steroid dienone is 2. The zero-order valence-corrected chi connectivity index (χ0v) is 8.27. The van der Waals surface area contributed by atoms with Gasteiger partial charge in [-0.15, -0.1) is 4.80 Å². The van der Waals surface area contributed by atoms with Gasteiger partial charge in [-0.05, 0) is 6.08 Å². The summed E-state index contributed by atoms with van der Waals surface area (Å²) in [4.78, 5) is 12.9. The number of carbonyl (C=O) groups is 1. The van der Waals surface area contributed by atoms with Crippen molar-refractivity contribution in [3.8, 4) is 0 Å². The maximum Gasteiger partial charge on any atom is 0.269 e. The van der Waals surface area contributed by atoms with Crippen LogP contribution in [-0.4, -0.2) is 34.5 Å². The molecule has 6 nitrogen and oxygen atoms in total. The molecule has 1 aliphatic rings. The molecule has 0 aliphatic carbocycles. The van der Waals surface area contributed by atoms with Crippen molar-refractivity contribution in [3.63, 3.8) is 0 Å². The van der Waals surface area contributed by atoms with E-state index in [1.54, 1.807) is 19.4 Å². The molecule has 0 unspecified atom stereocenters. The molecule has 0 radical (unpaired) electrons. The van der Waals surface area contributed by atoms with E-state index in [0.29, 0.717) is 17.9 Å². The molecule has 2 N–H and O–H groups in total. The summed E-state index contributed by atoms with van der Waals surface area (Å²) in [6.45, 7) is 0.632. The normalized spacial score (nSPS) is 15.0. The number of hydrogen-bond donors (Lipinski definition) is 2. The van der Waals surface area contributed by atoms with Crippen LogP contribution in [0.15, 0.2) is 30.2 Å². The highest BCUT2D eigenvalue weighted by atomic mass is 16.2. The fraction of sp³-hybridized carbons (Fsp3) is 0.222. The lowest BCUT2D eigenvalue weighted by molar-refractivity contribution is -0.117. The van der Waals surface area contributed by atoms with E-state index in [1.165, 1.54) is 4.80 Å². The zero-order chi connectivity index (χ0) is 10.7. The molecule has 0 atom stereocenters. The third-order valence-electron chi connectivity index (χ3n) is 2.02. The molecule has 2 rings (SSSR count).